The largest absolute Gasteiger partial charge is 0.755 e. The van der Waals surface area contributed by atoms with Crippen LogP contribution in [0, 0.1) is 0 Å². The minimum absolute atomic E-state index is 0.142. The van der Waals surface area contributed by atoms with Crippen molar-refractivity contribution in [1.29, 1.82) is 0 Å². The van der Waals surface area contributed by atoms with E-state index in [1.165, 1.54) is 0 Å². The van der Waals surface area contributed by atoms with E-state index in [1.54, 1.807) is 12.1 Å². The molecular weight excluding hydrogens is 386 g/mol. The molecule has 2 N–H and O–H groups in total. The fourth-order valence-electron chi connectivity index (χ4n) is 3.42. The highest BCUT2D eigenvalue weighted by atomic mass is 32.2. The van der Waals surface area contributed by atoms with Gasteiger partial charge in [0.05, 0.1) is 0 Å². The van der Waals surface area contributed by atoms with Crippen LogP contribution >= 0.6 is 0 Å². The molecule has 3 aromatic carbocycles. The number of benzene rings is 3. The molecule has 0 aromatic heterocycles. The van der Waals surface area contributed by atoms with Gasteiger partial charge in [0.1, 0.15) is 6.61 Å². The van der Waals surface area contributed by atoms with Crippen molar-refractivity contribution in [2.24, 2.45) is 0 Å². The van der Waals surface area contributed by atoms with E-state index in [1.807, 2.05) is 54.6 Å². The Morgan fingerprint density at radius 3 is 2.24 bits per heavy atom. The van der Waals surface area contributed by atoms with Gasteiger partial charge in [-0.2, -0.15) is 0 Å². The van der Waals surface area contributed by atoms with Crippen LogP contribution in [0.3, 0.4) is 0 Å². The highest BCUT2D eigenvalue weighted by Crippen LogP contribution is 2.27. The Morgan fingerprint density at radius 2 is 1.59 bits per heavy atom. The van der Waals surface area contributed by atoms with Crippen molar-refractivity contribution in [3.63, 3.8) is 0 Å². The van der Waals surface area contributed by atoms with Crippen LogP contribution in [0.4, 0.5) is 5.69 Å². The molecule has 0 aliphatic heterocycles. The minimum atomic E-state index is -2.37. The van der Waals surface area contributed by atoms with E-state index in [-0.39, 0.29) is 11.7 Å². The molecule has 0 heterocycles. The molecule has 5 nitrogen and oxygen atoms in total. The van der Waals surface area contributed by atoms with Gasteiger partial charge in [-0.1, -0.05) is 60.7 Å². The number of Topliss-reactive ketones (excluding diaryl/α,β-unsaturated/α-hetero) is 1. The lowest BCUT2D eigenvalue weighted by Gasteiger charge is -2.19. The first-order chi connectivity index (χ1) is 14.0. The van der Waals surface area contributed by atoms with Gasteiger partial charge in [-0.15, -0.1) is 0 Å². The fourth-order valence-corrected chi connectivity index (χ4v) is 3.74. The molecule has 0 saturated heterocycles. The Balaban J connectivity index is 1.87. The lowest BCUT2D eigenvalue weighted by atomic mass is 9.86. The second kappa shape index (κ2) is 10.1. The molecule has 0 radical (unpaired) electrons. The van der Waals surface area contributed by atoms with E-state index >= 15 is 0 Å². The molecule has 0 aliphatic carbocycles. The molecule has 0 spiro atoms. The van der Waals surface area contributed by atoms with Crippen LogP contribution in [0.5, 0.6) is 0 Å². The quantitative estimate of drug-likeness (QED) is 0.418. The number of hydrogen-bond acceptors (Lipinski definition) is 4. The maximum absolute atomic E-state index is 11.8. The molecule has 6 heteroatoms. The third-order valence-corrected chi connectivity index (χ3v) is 5.16. The summed E-state index contributed by atoms with van der Waals surface area (Å²) in [5, 5.41) is 9.12. The zero-order valence-corrected chi connectivity index (χ0v) is 16.6. The number of aliphatic hydroxyl groups is 1. The van der Waals surface area contributed by atoms with Gasteiger partial charge in [0.2, 0.25) is 0 Å². The van der Waals surface area contributed by atoms with Crippen molar-refractivity contribution in [3.8, 4) is 0 Å². The maximum Gasteiger partial charge on any atom is 0.188 e. The molecular formula is C23H22NO4S-. The molecule has 0 fully saturated rings. The highest BCUT2D eigenvalue weighted by Gasteiger charge is 2.15. The second-order valence-electron chi connectivity index (χ2n) is 6.83. The number of nitrogens with one attached hydrogen (secondary N) is 1. The summed E-state index contributed by atoms with van der Waals surface area (Å²) >= 11 is -2.37. The van der Waals surface area contributed by atoms with Gasteiger partial charge in [-0.05, 0) is 53.6 Å². The zero-order chi connectivity index (χ0) is 20.6. The van der Waals surface area contributed by atoms with Crippen LogP contribution in [0.25, 0.3) is 0 Å². The number of ketones is 1. The summed E-state index contributed by atoms with van der Waals surface area (Å²) in [6.07, 6.45) is 1.42. The van der Waals surface area contributed by atoms with Gasteiger partial charge in [-0.25, -0.2) is 0 Å². The number of carbonyl (C=O) groups is 1. The van der Waals surface area contributed by atoms with E-state index in [2.05, 4.69) is 16.9 Å². The van der Waals surface area contributed by atoms with E-state index in [0.29, 0.717) is 24.1 Å². The van der Waals surface area contributed by atoms with Crippen molar-refractivity contribution in [2.45, 2.75) is 18.8 Å². The van der Waals surface area contributed by atoms with Gasteiger partial charge in [0, 0.05) is 22.5 Å². The first kappa shape index (κ1) is 20.9. The lowest BCUT2D eigenvalue weighted by Crippen LogP contribution is -2.09. The number of anilines is 1. The topological polar surface area (TPSA) is 89.5 Å². The van der Waals surface area contributed by atoms with E-state index in [4.69, 9.17) is 5.11 Å². The Kier molecular flexibility index (Phi) is 7.30. The zero-order valence-electron chi connectivity index (χ0n) is 15.8. The van der Waals surface area contributed by atoms with Crippen LogP contribution in [0.2, 0.25) is 0 Å². The molecule has 3 rings (SSSR count). The summed E-state index contributed by atoms with van der Waals surface area (Å²) in [6, 6.07) is 24.8. The maximum atomic E-state index is 11.8. The van der Waals surface area contributed by atoms with Gasteiger partial charge >= 0.3 is 0 Å². The van der Waals surface area contributed by atoms with E-state index in [0.717, 1.165) is 16.7 Å². The molecule has 0 amide bonds. The predicted octanol–water partition coefficient (Wildman–Crippen LogP) is 3.64. The second-order valence-corrected chi connectivity index (χ2v) is 7.51. The van der Waals surface area contributed by atoms with Crippen molar-refractivity contribution in [1.82, 2.24) is 0 Å². The average molecular weight is 408 g/mol. The summed E-state index contributed by atoms with van der Waals surface area (Å²) in [4.78, 5) is 11.8. The molecule has 0 saturated carbocycles. The lowest BCUT2D eigenvalue weighted by molar-refractivity contribution is 0.0903. The number of carbonyl (C=O) groups excluding carboxylic acids is 1. The molecule has 29 heavy (non-hydrogen) atoms. The Labute approximate surface area is 172 Å². The van der Waals surface area contributed by atoms with Crippen molar-refractivity contribution < 1.29 is 18.7 Å². The Morgan fingerprint density at radius 1 is 0.931 bits per heavy atom. The summed E-state index contributed by atoms with van der Waals surface area (Å²) in [5.41, 5.74) is 4.21. The number of hydrogen-bond donors (Lipinski definition) is 2. The molecule has 2 unspecified atom stereocenters. The molecule has 0 bridgehead atoms. The SMILES string of the molecule is O=C(CO)c1cccc(CC(Cc2cccc(NS(=O)[O-])c2)c2ccccc2)c1. The van der Waals surface area contributed by atoms with Crippen molar-refractivity contribution >= 4 is 22.7 Å². The first-order valence-corrected chi connectivity index (χ1v) is 10.4. The van der Waals surface area contributed by atoms with Crippen LogP contribution < -0.4 is 4.72 Å². The van der Waals surface area contributed by atoms with Crippen LogP contribution in [-0.2, 0) is 24.1 Å². The monoisotopic (exact) mass is 408 g/mol. The van der Waals surface area contributed by atoms with E-state index < -0.39 is 17.9 Å². The summed E-state index contributed by atoms with van der Waals surface area (Å²) in [5.74, 6) is -0.156. The minimum Gasteiger partial charge on any atom is -0.755 e. The predicted molar refractivity (Wildman–Crippen MR) is 113 cm³/mol. The van der Waals surface area contributed by atoms with Crippen molar-refractivity contribution in [2.75, 3.05) is 11.3 Å². The summed E-state index contributed by atoms with van der Waals surface area (Å²) in [6.45, 7) is -0.507. The van der Waals surface area contributed by atoms with Gasteiger partial charge in [0.15, 0.2) is 5.78 Å². The van der Waals surface area contributed by atoms with Gasteiger partial charge < -0.3 is 14.4 Å². The fraction of sp³-hybridized carbons (Fsp3) is 0.174. The smallest absolute Gasteiger partial charge is 0.188 e. The average Bonchev–Trinajstić information content (AvgIpc) is 2.73. The molecule has 2 atom stereocenters. The third kappa shape index (κ3) is 6.09. The Bertz CT molecular complexity index is 991. The summed E-state index contributed by atoms with van der Waals surface area (Å²) < 4.78 is 24.2. The summed E-state index contributed by atoms with van der Waals surface area (Å²) in [7, 11) is 0. The highest BCUT2D eigenvalue weighted by molar-refractivity contribution is 7.80. The third-order valence-electron chi connectivity index (χ3n) is 4.76. The van der Waals surface area contributed by atoms with Gasteiger partial charge in [0.25, 0.3) is 0 Å². The number of aliphatic hydroxyl groups excluding tert-OH is 1. The van der Waals surface area contributed by atoms with Crippen molar-refractivity contribution in [3.05, 3.63) is 101 Å². The van der Waals surface area contributed by atoms with Crippen LogP contribution in [-0.4, -0.2) is 26.3 Å². The molecule has 150 valence electrons. The van der Waals surface area contributed by atoms with E-state index in [9.17, 15) is 13.6 Å². The standard InChI is InChI=1S/C23H23NO4S/c25-16-23(26)20-10-4-6-17(12-20)13-21(19-8-2-1-3-9-19)14-18-7-5-11-22(15-18)24-29(27)28/h1-12,15,21,24-25H,13-14,16H2,(H,27,28)/p-1. The normalized spacial score (nSPS) is 12.9. The van der Waals surface area contributed by atoms with Crippen LogP contribution in [0.15, 0.2) is 78.9 Å². The van der Waals surface area contributed by atoms with Crippen LogP contribution in [0.1, 0.15) is 33.0 Å². The molecule has 3 aromatic rings. The Hall–Kier alpha value is -2.80. The number of rotatable bonds is 9. The van der Waals surface area contributed by atoms with Gasteiger partial charge in [-0.3, -0.25) is 9.00 Å². The first-order valence-electron chi connectivity index (χ1n) is 9.28. The molecule has 0 aliphatic rings.